The summed E-state index contributed by atoms with van der Waals surface area (Å²) >= 11 is 0. The van der Waals surface area contributed by atoms with Crippen LogP contribution < -0.4 is 10.2 Å². The van der Waals surface area contributed by atoms with Crippen LogP contribution in [0.3, 0.4) is 0 Å². The Hall–Kier alpha value is -3.00. The lowest BCUT2D eigenvalue weighted by molar-refractivity contribution is 0.0915. The van der Waals surface area contributed by atoms with Gasteiger partial charge in [-0.3, -0.25) is 9.89 Å². The predicted octanol–water partition coefficient (Wildman–Crippen LogP) is 2.63. The number of carbonyl (C=O) groups excluding carboxylic acids is 1. The first-order chi connectivity index (χ1) is 14.5. The molecule has 5 rings (SSSR count). The SMILES string of the molecule is CC1(C)Cc2nc(N3CCOCC3)ncc2[C@H](NC(=O)c2n[nH]c3ccccc23)C1. The van der Waals surface area contributed by atoms with E-state index in [1.807, 2.05) is 30.5 Å². The largest absolute Gasteiger partial charge is 0.378 e. The number of amides is 1. The zero-order valence-corrected chi connectivity index (χ0v) is 17.3. The van der Waals surface area contributed by atoms with Crippen molar-refractivity contribution in [1.82, 2.24) is 25.5 Å². The number of aromatic nitrogens is 4. The summed E-state index contributed by atoms with van der Waals surface area (Å²) in [5.41, 5.74) is 3.31. The van der Waals surface area contributed by atoms with Crippen LogP contribution >= 0.6 is 0 Å². The van der Waals surface area contributed by atoms with Crippen molar-refractivity contribution in [2.75, 3.05) is 31.2 Å². The van der Waals surface area contributed by atoms with Crippen molar-refractivity contribution in [2.24, 2.45) is 5.41 Å². The summed E-state index contributed by atoms with van der Waals surface area (Å²) in [6, 6.07) is 7.51. The Kier molecular flexibility index (Phi) is 4.66. The van der Waals surface area contributed by atoms with E-state index < -0.39 is 0 Å². The van der Waals surface area contributed by atoms with Crippen LogP contribution in [0.25, 0.3) is 10.9 Å². The minimum absolute atomic E-state index is 0.0230. The number of rotatable bonds is 3. The van der Waals surface area contributed by atoms with Gasteiger partial charge in [-0.25, -0.2) is 9.97 Å². The van der Waals surface area contributed by atoms with Gasteiger partial charge in [0.1, 0.15) is 0 Å². The number of ether oxygens (including phenoxy) is 1. The zero-order valence-electron chi connectivity index (χ0n) is 17.3. The summed E-state index contributed by atoms with van der Waals surface area (Å²) in [5, 5.41) is 11.2. The summed E-state index contributed by atoms with van der Waals surface area (Å²) in [6.45, 7) is 7.43. The standard InChI is InChI=1S/C22H26N6O2/c1-22(2)11-17(24-20(29)19-14-5-3-4-6-16(14)26-27-19)15-13-23-21(25-18(15)12-22)28-7-9-30-10-8-28/h3-6,13,17H,7-12H2,1-2H3,(H,24,29)(H,26,27)/t17-/m1/s1. The minimum atomic E-state index is -0.182. The zero-order chi connectivity index (χ0) is 20.7. The Morgan fingerprint density at radius 3 is 2.90 bits per heavy atom. The highest BCUT2D eigenvalue weighted by Gasteiger charge is 2.35. The predicted molar refractivity (Wildman–Crippen MR) is 113 cm³/mol. The molecule has 1 aromatic carbocycles. The molecule has 1 fully saturated rings. The molecule has 1 saturated heterocycles. The Labute approximate surface area is 175 Å². The smallest absolute Gasteiger partial charge is 0.272 e. The number of benzene rings is 1. The lowest BCUT2D eigenvalue weighted by atomic mass is 9.74. The van der Waals surface area contributed by atoms with Crippen LogP contribution in [0.5, 0.6) is 0 Å². The summed E-state index contributed by atoms with van der Waals surface area (Å²) in [5.74, 6) is 0.566. The molecule has 30 heavy (non-hydrogen) atoms. The number of nitrogens with one attached hydrogen (secondary N) is 2. The van der Waals surface area contributed by atoms with Crippen LogP contribution in [-0.4, -0.2) is 52.4 Å². The number of hydrogen-bond donors (Lipinski definition) is 2. The molecule has 0 saturated carbocycles. The van der Waals surface area contributed by atoms with Crippen LogP contribution in [0.4, 0.5) is 5.95 Å². The van der Waals surface area contributed by atoms with E-state index in [1.54, 1.807) is 0 Å². The second-order valence-electron chi connectivity index (χ2n) is 8.86. The summed E-state index contributed by atoms with van der Waals surface area (Å²) < 4.78 is 5.44. The van der Waals surface area contributed by atoms with Crippen LogP contribution in [0.15, 0.2) is 30.5 Å². The number of morpholine rings is 1. The van der Waals surface area contributed by atoms with Crippen LogP contribution in [0.2, 0.25) is 0 Å². The minimum Gasteiger partial charge on any atom is -0.378 e. The van der Waals surface area contributed by atoms with Crippen LogP contribution in [-0.2, 0) is 11.2 Å². The van der Waals surface area contributed by atoms with E-state index in [9.17, 15) is 4.79 Å². The lowest BCUT2D eigenvalue weighted by Crippen LogP contribution is -2.39. The van der Waals surface area contributed by atoms with Gasteiger partial charge in [0.05, 0.1) is 30.5 Å². The first-order valence-corrected chi connectivity index (χ1v) is 10.4. The van der Waals surface area contributed by atoms with Gasteiger partial charge in [-0.1, -0.05) is 32.0 Å². The lowest BCUT2D eigenvalue weighted by Gasteiger charge is -2.37. The molecular weight excluding hydrogens is 380 g/mol. The highest BCUT2D eigenvalue weighted by Crippen LogP contribution is 2.40. The number of hydrogen-bond acceptors (Lipinski definition) is 6. The molecule has 2 aromatic heterocycles. The topological polar surface area (TPSA) is 96.0 Å². The molecule has 8 heteroatoms. The van der Waals surface area contributed by atoms with Crippen LogP contribution in [0.1, 0.15) is 48.1 Å². The first-order valence-electron chi connectivity index (χ1n) is 10.4. The van der Waals surface area contributed by atoms with Gasteiger partial charge in [-0.2, -0.15) is 5.10 Å². The fourth-order valence-corrected chi connectivity index (χ4v) is 4.44. The van der Waals surface area contributed by atoms with Gasteiger partial charge < -0.3 is 15.0 Å². The quantitative estimate of drug-likeness (QED) is 0.694. The number of para-hydroxylation sites is 1. The molecule has 8 nitrogen and oxygen atoms in total. The Bertz CT molecular complexity index is 1090. The number of H-pyrrole nitrogens is 1. The second kappa shape index (κ2) is 7.36. The van der Waals surface area contributed by atoms with E-state index in [-0.39, 0.29) is 17.4 Å². The van der Waals surface area contributed by atoms with Gasteiger partial charge in [0, 0.05) is 30.2 Å². The molecule has 3 aromatic rings. The molecule has 0 unspecified atom stereocenters. The van der Waals surface area contributed by atoms with Crippen molar-refractivity contribution in [1.29, 1.82) is 0 Å². The fraction of sp³-hybridized carbons (Fsp3) is 0.455. The van der Waals surface area contributed by atoms with E-state index in [1.165, 1.54) is 0 Å². The van der Waals surface area contributed by atoms with Gasteiger partial charge in [-0.05, 0) is 24.3 Å². The normalized spacial score (nSPS) is 20.7. The molecule has 0 bridgehead atoms. The highest BCUT2D eigenvalue weighted by atomic mass is 16.5. The van der Waals surface area contributed by atoms with Gasteiger partial charge in [0.2, 0.25) is 5.95 Å². The highest BCUT2D eigenvalue weighted by molar-refractivity contribution is 6.04. The first kappa shape index (κ1) is 19.0. The average molecular weight is 406 g/mol. The monoisotopic (exact) mass is 406 g/mol. The van der Waals surface area contributed by atoms with Crippen molar-refractivity contribution in [3.05, 3.63) is 47.4 Å². The van der Waals surface area contributed by atoms with Crippen molar-refractivity contribution in [2.45, 2.75) is 32.7 Å². The number of carbonyl (C=O) groups is 1. The molecule has 156 valence electrons. The third-order valence-corrected chi connectivity index (χ3v) is 5.95. The molecule has 1 amide bonds. The molecule has 0 spiro atoms. The van der Waals surface area contributed by atoms with Crippen molar-refractivity contribution >= 4 is 22.8 Å². The maximum Gasteiger partial charge on any atom is 0.272 e. The Morgan fingerprint density at radius 1 is 1.27 bits per heavy atom. The number of fused-ring (bicyclic) bond motifs is 2. The summed E-state index contributed by atoms with van der Waals surface area (Å²) in [6.07, 6.45) is 3.57. The average Bonchev–Trinajstić information content (AvgIpc) is 3.17. The number of nitrogens with zero attached hydrogens (tertiary/aromatic N) is 4. The van der Waals surface area contributed by atoms with E-state index in [2.05, 4.69) is 39.2 Å². The molecule has 3 heterocycles. The van der Waals surface area contributed by atoms with Crippen molar-refractivity contribution < 1.29 is 9.53 Å². The Morgan fingerprint density at radius 2 is 2.07 bits per heavy atom. The second-order valence-corrected chi connectivity index (χ2v) is 8.86. The van der Waals surface area contributed by atoms with Gasteiger partial charge >= 0.3 is 0 Å². The molecule has 2 N–H and O–H groups in total. The van der Waals surface area contributed by atoms with Gasteiger partial charge in [0.15, 0.2) is 5.69 Å². The van der Waals surface area contributed by atoms with E-state index >= 15 is 0 Å². The van der Waals surface area contributed by atoms with E-state index in [0.29, 0.717) is 18.9 Å². The maximum absolute atomic E-state index is 13.1. The third-order valence-electron chi connectivity index (χ3n) is 5.95. The van der Waals surface area contributed by atoms with Gasteiger partial charge in [-0.15, -0.1) is 0 Å². The molecule has 0 radical (unpaired) electrons. The third kappa shape index (κ3) is 3.52. The van der Waals surface area contributed by atoms with Crippen LogP contribution in [0, 0.1) is 5.41 Å². The van der Waals surface area contributed by atoms with E-state index in [4.69, 9.17) is 9.72 Å². The molecule has 1 aliphatic heterocycles. The number of aromatic amines is 1. The van der Waals surface area contributed by atoms with Crippen molar-refractivity contribution in [3.63, 3.8) is 0 Å². The summed E-state index contributed by atoms with van der Waals surface area (Å²) in [7, 11) is 0. The fourth-order valence-electron chi connectivity index (χ4n) is 4.44. The molecule has 2 aliphatic rings. The molecule has 1 aliphatic carbocycles. The van der Waals surface area contributed by atoms with E-state index in [0.717, 1.165) is 54.0 Å². The molecular formula is C22H26N6O2. The maximum atomic E-state index is 13.1. The molecule has 1 atom stereocenters. The van der Waals surface area contributed by atoms with Gasteiger partial charge in [0.25, 0.3) is 5.91 Å². The number of anilines is 1. The summed E-state index contributed by atoms with van der Waals surface area (Å²) in [4.78, 5) is 24.7. The Balaban J connectivity index is 1.43. The van der Waals surface area contributed by atoms with Crippen molar-refractivity contribution in [3.8, 4) is 0 Å².